The van der Waals surface area contributed by atoms with Gasteiger partial charge in [0.25, 0.3) is 0 Å². The van der Waals surface area contributed by atoms with Gasteiger partial charge in [-0.2, -0.15) is 0 Å². The van der Waals surface area contributed by atoms with Crippen LogP contribution in [0.15, 0.2) is 0 Å². The van der Waals surface area contributed by atoms with Crippen LogP contribution >= 0.6 is 24.0 Å². The lowest BCUT2D eigenvalue weighted by atomic mass is 10.1. The van der Waals surface area contributed by atoms with Crippen molar-refractivity contribution >= 4 is 37.5 Å². The van der Waals surface area contributed by atoms with Gasteiger partial charge in [0, 0.05) is 0 Å². The normalized spacial score (nSPS) is 19.2. The van der Waals surface area contributed by atoms with Crippen LogP contribution in [-0.2, 0) is 4.79 Å². The van der Waals surface area contributed by atoms with Crippen LogP contribution in [0.5, 0.6) is 0 Å². The smallest absolute Gasteiger partial charge is 0.141 e. The highest BCUT2D eigenvalue weighted by Crippen LogP contribution is 2.12. The summed E-state index contributed by atoms with van der Waals surface area (Å²) in [5.74, 6) is 0. The number of rotatable bonds is 5. The molecule has 0 bridgehead atoms. The molecule has 0 aromatic heterocycles. The molecule has 0 radical (unpaired) electrons. The highest BCUT2D eigenvalue weighted by atomic mass is 127. The first-order chi connectivity index (χ1) is 6.59. The lowest BCUT2D eigenvalue weighted by molar-refractivity contribution is -0.137. The number of carbonyl (C=O) groups excluding carboxylic acids is 1. The van der Waals surface area contributed by atoms with Crippen molar-refractivity contribution in [3.63, 3.8) is 0 Å². The number of aliphatic hydroxyl groups is 4. The standard InChI is InChI=1S/C9H20O5Si.HI/c1-5(10)6(11)7(12)8(13)9(14)15(2,3)4;/h5-8,10-13H,1-4H3;1H. The Balaban J connectivity index is 0. The molecule has 16 heavy (non-hydrogen) atoms. The Hall–Kier alpha value is 0.457. The molecule has 0 spiro atoms. The predicted molar refractivity (Wildman–Crippen MR) is 73.5 cm³/mol. The van der Waals surface area contributed by atoms with Crippen molar-refractivity contribution in [2.45, 2.75) is 51.0 Å². The monoisotopic (exact) mass is 364 g/mol. The Bertz CT molecular complexity index is 228. The van der Waals surface area contributed by atoms with E-state index in [0.29, 0.717) is 0 Å². The van der Waals surface area contributed by atoms with Gasteiger partial charge in [-0.25, -0.2) is 0 Å². The summed E-state index contributed by atoms with van der Waals surface area (Å²) in [4.78, 5) is 11.6. The van der Waals surface area contributed by atoms with Gasteiger partial charge in [-0.3, -0.25) is 0 Å². The van der Waals surface area contributed by atoms with Crippen molar-refractivity contribution in [2.24, 2.45) is 0 Å². The zero-order valence-corrected chi connectivity index (χ0v) is 13.2. The number of hydrogen-bond donors (Lipinski definition) is 4. The van der Waals surface area contributed by atoms with Gasteiger partial charge in [-0.15, -0.1) is 24.0 Å². The molecule has 0 aliphatic rings. The van der Waals surface area contributed by atoms with E-state index >= 15 is 0 Å². The topological polar surface area (TPSA) is 98.0 Å². The van der Waals surface area contributed by atoms with E-state index in [1.54, 1.807) is 19.6 Å². The molecule has 4 unspecified atom stereocenters. The Morgan fingerprint density at radius 2 is 1.38 bits per heavy atom. The average molecular weight is 364 g/mol. The van der Waals surface area contributed by atoms with Crippen molar-refractivity contribution in [3.05, 3.63) is 0 Å². The van der Waals surface area contributed by atoms with Crippen LogP contribution < -0.4 is 0 Å². The van der Waals surface area contributed by atoms with Gasteiger partial charge in [-0.05, 0) is 6.92 Å². The minimum atomic E-state index is -2.21. The molecule has 0 rings (SSSR count). The Labute approximate surface area is 114 Å². The van der Waals surface area contributed by atoms with Gasteiger partial charge >= 0.3 is 0 Å². The van der Waals surface area contributed by atoms with Crippen molar-refractivity contribution in [1.29, 1.82) is 0 Å². The summed E-state index contributed by atoms with van der Waals surface area (Å²) in [7, 11) is -2.21. The molecule has 7 heteroatoms. The molecule has 0 aliphatic heterocycles. The Kier molecular flexibility index (Phi) is 8.25. The third kappa shape index (κ3) is 5.19. The molecule has 0 fully saturated rings. The summed E-state index contributed by atoms with van der Waals surface area (Å²) in [6.07, 6.45) is -5.96. The maximum atomic E-state index is 11.6. The lowest BCUT2D eigenvalue weighted by Crippen LogP contribution is -2.53. The summed E-state index contributed by atoms with van der Waals surface area (Å²) in [5.41, 5.74) is 0. The Morgan fingerprint density at radius 1 is 1.00 bits per heavy atom. The van der Waals surface area contributed by atoms with Crippen LogP contribution in [-0.4, -0.2) is 58.3 Å². The van der Waals surface area contributed by atoms with Crippen LogP contribution in [0.3, 0.4) is 0 Å². The fourth-order valence-corrected chi connectivity index (χ4v) is 2.13. The third-order valence-corrected chi connectivity index (χ3v) is 3.95. The molecule has 98 valence electrons. The van der Waals surface area contributed by atoms with Crippen LogP contribution in [0, 0.1) is 0 Å². The summed E-state index contributed by atoms with van der Waals surface area (Å²) >= 11 is 0. The van der Waals surface area contributed by atoms with E-state index in [4.69, 9.17) is 5.11 Å². The molecule has 0 aromatic carbocycles. The third-order valence-electron chi connectivity index (χ3n) is 2.18. The molecule has 5 nitrogen and oxygen atoms in total. The van der Waals surface area contributed by atoms with Crippen molar-refractivity contribution < 1.29 is 25.2 Å². The molecule has 0 aliphatic carbocycles. The van der Waals surface area contributed by atoms with Gasteiger partial charge in [0.1, 0.15) is 31.8 Å². The first kappa shape index (κ1) is 18.8. The summed E-state index contributed by atoms with van der Waals surface area (Å²) in [6, 6.07) is 0. The van der Waals surface area contributed by atoms with E-state index in [-0.39, 0.29) is 24.0 Å². The van der Waals surface area contributed by atoms with E-state index in [0.717, 1.165) is 0 Å². The molecule has 0 amide bonds. The predicted octanol–water partition coefficient (Wildman–Crippen LogP) is -0.486. The van der Waals surface area contributed by atoms with Crippen LogP contribution in [0.1, 0.15) is 6.92 Å². The maximum absolute atomic E-state index is 11.6. The van der Waals surface area contributed by atoms with Gasteiger partial charge in [0.05, 0.1) is 6.10 Å². The van der Waals surface area contributed by atoms with Crippen molar-refractivity contribution in [2.75, 3.05) is 0 Å². The first-order valence-electron chi connectivity index (χ1n) is 4.85. The van der Waals surface area contributed by atoms with Gasteiger partial charge < -0.3 is 25.2 Å². The molecule has 0 aromatic rings. The highest BCUT2D eigenvalue weighted by molar-refractivity contribution is 14.0. The second-order valence-corrected chi connectivity index (χ2v) is 9.77. The summed E-state index contributed by atoms with van der Waals surface area (Å²) < 4.78 is 0. The summed E-state index contributed by atoms with van der Waals surface area (Å²) in [6.45, 7) is 6.49. The van der Waals surface area contributed by atoms with E-state index in [1.807, 2.05) is 0 Å². The van der Waals surface area contributed by atoms with Crippen LogP contribution in [0.2, 0.25) is 19.6 Å². The number of hydrogen-bond acceptors (Lipinski definition) is 5. The average Bonchev–Trinajstić information content (AvgIpc) is 2.11. The van der Waals surface area contributed by atoms with E-state index < -0.39 is 37.9 Å². The highest BCUT2D eigenvalue weighted by Gasteiger charge is 2.38. The minimum Gasteiger partial charge on any atom is -0.391 e. The largest absolute Gasteiger partial charge is 0.391 e. The second kappa shape index (κ2) is 7.02. The lowest BCUT2D eigenvalue weighted by Gasteiger charge is -2.27. The zero-order chi connectivity index (χ0) is 12.4. The molecule has 0 saturated heterocycles. The van der Waals surface area contributed by atoms with E-state index in [2.05, 4.69) is 0 Å². The molecule has 4 atom stereocenters. The van der Waals surface area contributed by atoms with Gasteiger partial charge in [0.15, 0.2) is 0 Å². The Morgan fingerprint density at radius 3 is 1.62 bits per heavy atom. The molecular formula is C9H21IO5Si. The molecule has 4 N–H and O–H groups in total. The second-order valence-electron chi connectivity index (χ2n) is 4.78. The minimum absolute atomic E-state index is 0. The van der Waals surface area contributed by atoms with Crippen LogP contribution in [0.4, 0.5) is 0 Å². The first-order valence-corrected chi connectivity index (χ1v) is 8.35. The summed E-state index contributed by atoms with van der Waals surface area (Å²) in [5, 5.41) is 36.8. The zero-order valence-electron chi connectivity index (χ0n) is 9.91. The SMILES string of the molecule is CC(O)C(O)C(O)C(O)C(=O)[Si](C)(C)C.I. The fourth-order valence-electron chi connectivity index (χ4n) is 1.07. The fraction of sp³-hybridized carbons (Fsp3) is 0.889. The molecular weight excluding hydrogens is 343 g/mol. The van der Waals surface area contributed by atoms with Crippen LogP contribution in [0.25, 0.3) is 0 Å². The van der Waals surface area contributed by atoms with E-state index in [1.165, 1.54) is 6.92 Å². The van der Waals surface area contributed by atoms with Crippen molar-refractivity contribution in [1.82, 2.24) is 0 Å². The number of halogens is 1. The van der Waals surface area contributed by atoms with E-state index in [9.17, 15) is 20.1 Å². The van der Waals surface area contributed by atoms with Gasteiger partial charge in [-0.1, -0.05) is 19.6 Å². The quantitative estimate of drug-likeness (QED) is 0.390. The molecule has 0 saturated carbocycles. The number of aliphatic hydroxyl groups excluding tert-OH is 4. The molecule has 0 heterocycles. The van der Waals surface area contributed by atoms with Gasteiger partial charge in [0.2, 0.25) is 0 Å². The maximum Gasteiger partial charge on any atom is 0.141 e. The number of carbonyl (C=O) groups is 1. The van der Waals surface area contributed by atoms with Crippen molar-refractivity contribution in [3.8, 4) is 0 Å².